The van der Waals surface area contributed by atoms with E-state index in [1.807, 2.05) is 6.92 Å². The lowest BCUT2D eigenvalue weighted by Crippen LogP contribution is -2.16. The summed E-state index contributed by atoms with van der Waals surface area (Å²) in [6.07, 6.45) is 0.587. The molecule has 1 aliphatic heterocycles. The van der Waals surface area contributed by atoms with Crippen molar-refractivity contribution in [2.45, 2.75) is 26.2 Å². The Morgan fingerprint density at radius 3 is 2.42 bits per heavy atom. The molecule has 0 aliphatic carbocycles. The molecule has 2 rings (SSSR count). The molecule has 1 heterocycles. The number of aliphatic carboxylic acids is 1. The molecule has 0 aromatic heterocycles. The second-order valence-electron chi connectivity index (χ2n) is 4.48. The summed E-state index contributed by atoms with van der Waals surface area (Å²) in [4.78, 5) is 22.5. The number of ether oxygens (including phenoxy) is 2. The van der Waals surface area contributed by atoms with Gasteiger partial charge in [-0.05, 0) is 31.0 Å². The summed E-state index contributed by atoms with van der Waals surface area (Å²) in [6.45, 7) is 2.82. The molecule has 0 saturated carbocycles. The monoisotopic (exact) mass is 264 g/mol. The lowest BCUT2D eigenvalue weighted by molar-refractivity contribution is -0.137. The largest absolute Gasteiger partial charge is 0.486 e. The quantitative estimate of drug-likeness (QED) is 0.825. The van der Waals surface area contributed by atoms with Gasteiger partial charge in [-0.3, -0.25) is 9.59 Å². The first-order valence-electron chi connectivity index (χ1n) is 6.23. The average molecular weight is 264 g/mol. The number of carbonyl (C=O) groups excluding carboxylic acids is 1. The normalized spacial score (nSPS) is 13.1. The van der Waals surface area contributed by atoms with E-state index in [1.54, 1.807) is 12.1 Å². The average Bonchev–Trinajstić information content (AvgIpc) is 2.37. The van der Waals surface area contributed by atoms with Crippen LogP contribution in [-0.2, 0) is 4.79 Å². The molecule has 19 heavy (non-hydrogen) atoms. The lowest BCUT2D eigenvalue weighted by atomic mass is 10.00. The molecule has 5 heteroatoms. The maximum absolute atomic E-state index is 12.0. The molecule has 1 aliphatic rings. The van der Waals surface area contributed by atoms with Crippen LogP contribution in [0.3, 0.4) is 0 Å². The third-order valence-corrected chi connectivity index (χ3v) is 2.98. The Morgan fingerprint density at radius 1 is 1.16 bits per heavy atom. The first-order chi connectivity index (χ1) is 9.08. The van der Waals surface area contributed by atoms with E-state index in [-0.39, 0.29) is 18.6 Å². The Balaban J connectivity index is 2.11. The number of hydrogen-bond acceptors (Lipinski definition) is 4. The van der Waals surface area contributed by atoms with Crippen molar-refractivity contribution in [3.63, 3.8) is 0 Å². The van der Waals surface area contributed by atoms with Gasteiger partial charge < -0.3 is 14.6 Å². The summed E-state index contributed by atoms with van der Waals surface area (Å²) in [6, 6.07) is 3.48. The number of rotatable bonds is 5. The highest BCUT2D eigenvalue weighted by atomic mass is 16.6. The van der Waals surface area contributed by atoms with E-state index in [0.29, 0.717) is 36.7 Å². The van der Waals surface area contributed by atoms with Crippen LogP contribution in [0.4, 0.5) is 0 Å². The Kier molecular flexibility index (Phi) is 4.04. The Hall–Kier alpha value is -2.04. The van der Waals surface area contributed by atoms with E-state index in [1.165, 1.54) is 0 Å². The molecule has 5 nitrogen and oxygen atoms in total. The molecule has 102 valence electrons. The van der Waals surface area contributed by atoms with E-state index in [4.69, 9.17) is 14.6 Å². The molecule has 0 saturated heterocycles. The SMILES string of the molecule is Cc1cc2c(cc1C(=O)CCCC(=O)O)OCCO2. The third kappa shape index (κ3) is 3.24. The highest BCUT2D eigenvalue weighted by Gasteiger charge is 2.17. The molecule has 1 N–H and O–H groups in total. The van der Waals surface area contributed by atoms with Gasteiger partial charge in [-0.25, -0.2) is 0 Å². The first-order valence-corrected chi connectivity index (χ1v) is 6.23. The molecule has 0 fully saturated rings. The van der Waals surface area contributed by atoms with Crippen LogP contribution in [0.25, 0.3) is 0 Å². The predicted molar refractivity (Wildman–Crippen MR) is 68.0 cm³/mol. The molecule has 1 aromatic rings. The number of Topliss-reactive ketones (excluding diaryl/α,β-unsaturated/α-hetero) is 1. The topological polar surface area (TPSA) is 72.8 Å². The van der Waals surface area contributed by atoms with Crippen LogP contribution in [-0.4, -0.2) is 30.1 Å². The van der Waals surface area contributed by atoms with Crippen LogP contribution in [0.15, 0.2) is 12.1 Å². The van der Waals surface area contributed by atoms with Crippen molar-refractivity contribution >= 4 is 11.8 Å². The van der Waals surface area contributed by atoms with Crippen LogP contribution in [0.5, 0.6) is 11.5 Å². The van der Waals surface area contributed by atoms with Crippen LogP contribution < -0.4 is 9.47 Å². The van der Waals surface area contributed by atoms with Crippen LogP contribution >= 0.6 is 0 Å². The van der Waals surface area contributed by atoms with Crippen molar-refractivity contribution in [2.24, 2.45) is 0 Å². The summed E-state index contributed by atoms with van der Waals surface area (Å²) < 4.78 is 10.9. The van der Waals surface area contributed by atoms with Gasteiger partial charge in [0.2, 0.25) is 0 Å². The van der Waals surface area contributed by atoms with Gasteiger partial charge in [0.15, 0.2) is 17.3 Å². The van der Waals surface area contributed by atoms with Gasteiger partial charge in [-0.15, -0.1) is 0 Å². The zero-order valence-corrected chi connectivity index (χ0v) is 10.8. The van der Waals surface area contributed by atoms with Gasteiger partial charge in [0.1, 0.15) is 13.2 Å². The van der Waals surface area contributed by atoms with Gasteiger partial charge in [0, 0.05) is 18.4 Å². The zero-order valence-electron chi connectivity index (χ0n) is 10.8. The minimum absolute atomic E-state index is 0.00927. The van der Waals surface area contributed by atoms with Crippen molar-refractivity contribution < 1.29 is 24.2 Å². The number of fused-ring (bicyclic) bond motifs is 1. The summed E-state index contributed by atoms with van der Waals surface area (Å²) >= 11 is 0. The van der Waals surface area contributed by atoms with Crippen LogP contribution in [0.1, 0.15) is 35.2 Å². The Labute approximate surface area is 111 Å². The van der Waals surface area contributed by atoms with Crippen molar-refractivity contribution in [1.29, 1.82) is 0 Å². The van der Waals surface area contributed by atoms with E-state index in [0.717, 1.165) is 5.56 Å². The van der Waals surface area contributed by atoms with Crippen molar-refractivity contribution in [2.75, 3.05) is 13.2 Å². The van der Waals surface area contributed by atoms with Crippen molar-refractivity contribution in [3.8, 4) is 11.5 Å². The summed E-state index contributed by atoms with van der Waals surface area (Å²) in [5.41, 5.74) is 1.40. The molecule has 0 radical (unpaired) electrons. The second-order valence-corrected chi connectivity index (χ2v) is 4.48. The zero-order chi connectivity index (χ0) is 13.8. The number of ketones is 1. The predicted octanol–water partition coefficient (Wildman–Crippen LogP) is 2.20. The molecule has 1 aromatic carbocycles. The fourth-order valence-corrected chi connectivity index (χ4v) is 2.03. The summed E-state index contributed by atoms with van der Waals surface area (Å²) in [7, 11) is 0. The molecule has 0 spiro atoms. The van der Waals surface area contributed by atoms with Gasteiger partial charge in [-0.1, -0.05) is 0 Å². The Morgan fingerprint density at radius 2 is 1.79 bits per heavy atom. The maximum Gasteiger partial charge on any atom is 0.303 e. The molecule has 0 bridgehead atoms. The van der Waals surface area contributed by atoms with Crippen LogP contribution in [0.2, 0.25) is 0 Å². The van der Waals surface area contributed by atoms with E-state index in [9.17, 15) is 9.59 Å². The molecular weight excluding hydrogens is 248 g/mol. The summed E-state index contributed by atoms with van der Waals surface area (Å²) in [5.74, 6) is 0.298. The molecule has 0 amide bonds. The van der Waals surface area contributed by atoms with Crippen molar-refractivity contribution in [1.82, 2.24) is 0 Å². The van der Waals surface area contributed by atoms with E-state index in [2.05, 4.69) is 0 Å². The number of benzene rings is 1. The first kappa shape index (κ1) is 13.4. The van der Waals surface area contributed by atoms with Crippen LogP contribution in [0, 0.1) is 6.92 Å². The van der Waals surface area contributed by atoms with Crippen molar-refractivity contribution in [3.05, 3.63) is 23.3 Å². The number of carboxylic acid groups (broad SMARTS) is 1. The second kappa shape index (κ2) is 5.73. The number of hydrogen-bond donors (Lipinski definition) is 1. The number of aryl methyl sites for hydroxylation is 1. The summed E-state index contributed by atoms with van der Waals surface area (Å²) in [5, 5.41) is 8.56. The fourth-order valence-electron chi connectivity index (χ4n) is 2.03. The maximum atomic E-state index is 12.0. The standard InChI is InChI=1S/C14H16O5/c1-9-7-12-13(19-6-5-18-12)8-10(9)11(15)3-2-4-14(16)17/h7-8H,2-6H2,1H3,(H,16,17). The number of carbonyl (C=O) groups is 2. The van der Waals surface area contributed by atoms with Gasteiger partial charge >= 0.3 is 5.97 Å². The molecular formula is C14H16O5. The fraction of sp³-hybridized carbons (Fsp3) is 0.429. The third-order valence-electron chi connectivity index (χ3n) is 2.98. The number of carboxylic acids is 1. The minimum Gasteiger partial charge on any atom is -0.486 e. The molecule has 0 unspecified atom stereocenters. The van der Waals surface area contributed by atoms with Gasteiger partial charge in [-0.2, -0.15) is 0 Å². The minimum atomic E-state index is -0.883. The van der Waals surface area contributed by atoms with E-state index < -0.39 is 5.97 Å². The van der Waals surface area contributed by atoms with Gasteiger partial charge in [0.05, 0.1) is 0 Å². The highest BCUT2D eigenvalue weighted by molar-refractivity contribution is 5.98. The van der Waals surface area contributed by atoms with E-state index >= 15 is 0 Å². The van der Waals surface area contributed by atoms with Gasteiger partial charge in [0.25, 0.3) is 0 Å². The molecule has 0 atom stereocenters. The smallest absolute Gasteiger partial charge is 0.303 e. The lowest BCUT2D eigenvalue weighted by Gasteiger charge is -2.20. The highest BCUT2D eigenvalue weighted by Crippen LogP contribution is 2.33. The Bertz CT molecular complexity index is 507.